The second kappa shape index (κ2) is 12.6. The molecule has 6 aromatic rings. The molecule has 0 aliphatic carbocycles. The molecule has 3 aromatic heterocycles. The summed E-state index contributed by atoms with van der Waals surface area (Å²) in [4.78, 5) is 98.8. The molecular weight excluding hydrogens is 686 g/mol. The minimum Gasteiger partial charge on any atom is -0.361 e. The van der Waals surface area contributed by atoms with Crippen molar-refractivity contribution in [2.24, 2.45) is 0 Å². The molecule has 1 N–H and O–H groups in total. The fraction of sp³-hybridized carbons (Fsp3) is 0.111. The molecule has 264 valence electrons. The molecule has 0 saturated carbocycles. The van der Waals surface area contributed by atoms with Gasteiger partial charge in [-0.25, -0.2) is 29.4 Å². The standard InChI is InChI=1S/C36H28N9O8/c1-22(2)43(36(51)53-40-14-13-37-20-40)45-33(48)28-12-11-24(17-29(28)34(45)49)39-15-16-41(21-39)52-35(50)42(19-23-18-38-30-10-6-5-7-25(23)30)44-31(46)26-8-3-4-9-27(26)32(44)47/h3-18,20-22,38H,19H2,1-2H3/q+1. The zero-order valence-electron chi connectivity index (χ0n) is 28.0. The number of amides is 6. The third-order valence-corrected chi connectivity index (χ3v) is 8.72. The number of nitrogens with one attached hydrogen (secondary N) is 1. The molecule has 53 heavy (non-hydrogen) atoms. The number of fused-ring (bicyclic) bond motifs is 3. The molecule has 0 unspecified atom stereocenters. The van der Waals surface area contributed by atoms with Crippen molar-refractivity contribution in [3.63, 3.8) is 0 Å². The van der Waals surface area contributed by atoms with E-state index in [1.54, 1.807) is 38.2 Å². The Labute approximate surface area is 299 Å². The van der Waals surface area contributed by atoms with Crippen LogP contribution in [0.1, 0.15) is 60.8 Å². The highest BCUT2D eigenvalue weighted by Crippen LogP contribution is 2.29. The molecule has 5 heterocycles. The summed E-state index contributed by atoms with van der Waals surface area (Å²) in [5.74, 6) is -2.82. The fourth-order valence-corrected chi connectivity index (χ4v) is 6.25. The van der Waals surface area contributed by atoms with Gasteiger partial charge in [0.15, 0.2) is 6.20 Å². The third-order valence-electron chi connectivity index (χ3n) is 8.72. The van der Waals surface area contributed by atoms with Crippen LogP contribution < -0.4 is 14.2 Å². The Hall–Kier alpha value is -7.56. The summed E-state index contributed by atoms with van der Waals surface area (Å²) in [6, 6.07) is 17.5. The van der Waals surface area contributed by atoms with Gasteiger partial charge in [-0.15, -0.1) is 0 Å². The second-order valence-corrected chi connectivity index (χ2v) is 12.3. The van der Waals surface area contributed by atoms with Crippen LogP contribution in [-0.2, 0) is 6.54 Å². The Bertz CT molecular complexity index is 2450. The molecule has 0 bridgehead atoms. The van der Waals surface area contributed by atoms with Gasteiger partial charge in [0.1, 0.15) is 18.2 Å². The molecule has 2 aliphatic heterocycles. The molecule has 0 atom stereocenters. The maximum atomic E-state index is 13.9. The third kappa shape index (κ3) is 5.52. The van der Waals surface area contributed by atoms with Crippen molar-refractivity contribution in [1.82, 2.24) is 39.5 Å². The number of carbonyl (C=O) groups excluding carboxylic acids is 6. The summed E-state index contributed by atoms with van der Waals surface area (Å²) in [7, 11) is 0. The van der Waals surface area contributed by atoms with Gasteiger partial charge in [0, 0.05) is 23.3 Å². The van der Waals surface area contributed by atoms with Crippen molar-refractivity contribution >= 4 is 46.7 Å². The minimum atomic E-state index is -1.03. The number of hydrogen-bond donors (Lipinski definition) is 1. The van der Waals surface area contributed by atoms with Crippen molar-refractivity contribution in [2.75, 3.05) is 0 Å². The Morgan fingerprint density at radius 2 is 1.45 bits per heavy atom. The lowest BCUT2D eigenvalue weighted by molar-refractivity contribution is -0.596. The van der Waals surface area contributed by atoms with E-state index in [9.17, 15) is 28.8 Å². The monoisotopic (exact) mass is 714 g/mol. The smallest absolute Gasteiger partial charge is 0.361 e. The first-order valence-electron chi connectivity index (χ1n) is 16.2. The summed E-state index contributed by atoms with van der Waals surface area (Å²) >= 11 is 0. The van der Waals surface area contributed by atoms with Crippen LogP contribution in [0.3, 0.4) is 0 Å². The van der Waals surface area contributed by atoms with E-state index in [2.05, 4.69) is 9.97 Å². The van der Waals surface area contributed by atoms with Crippen LogP contribution in [0.2, 0.25) is 0 Å². The number of imide groups is 2. The molecule has 17 nitrogen and oxygen atoms in total. The van der Waals surface area contributed by atoms with E-state index in [4.69, 9.17) is 9.68 Å². The summed E-state index contributed by atoms with van der Waals surface area (Å²) in [6.45, 7) is 3.07. The van der Waals surface area contributed by atoms with Gasteiger partial charge in [0.2, 0.25) is 0 Å². The molecule has 0 saturated heterocycles. The molecule has 17 heteroatoms. The SMILES string of the molecule is CC(C)N(C(=O)On1ccnc1)N1C(=O)c2ccc(-[n+]3ccn(OC(=O)N(Cc4c[nH]c5ccccc45)N4C(=O)c5ccccc5C4=O)c3)cc2C1=O. The number of hydrogen-bond acceptors (Lipinski definition) is 9. The molecule has 0 fully saturated rings. The first kappa shape index (κ1) is 32.6. The van der Waals surface area contributed by atoms with Crippen LogP contribution >= 0.6 is 0 Å². The van der Waals surface area contributed by atoms with E-state index in [1.807, 2.05) is 24.3 Å². The number of aromatic nitrogens is 5. The summed E-state index contributed by atoms with van der Waals surface area (Å²) < 4.78 is 3.64. The van der Waals surface area contributed by atoms with Gasteiger partial charge in [-0.3, -0.25) is 19.2 Å². The van der Waals surface area contributed by atoms with Gasteiger partial charge < -0.3 is 9.82 Å². The van der Waals surface area contributed by atoms with Crippen LogP contribution in [0.5, 0.6) is 0 Å². The number of imidazole rings is 2. The van der Waals surface area contributed by atoms with Gasteiger partial charge >= 0.3 is 12.2 Å². The van der Waals surface area contributed by atoms with Crippen molar-refractivity contribution in [2.45, 2.75) is 26.4 Å². The second-order valence-electron chi connectivity index (χ2n) is 12.3. The lowest BCUT2D eigenvalue weighted by Crippen LogP contribution is -2.54. The number of aromatic amines is 1. The van der Waals surface area contributed by atoms with Crippen molar-refractivity contribution < 1.29 is 43.0 Å². The largest absolute Gasteiger partial charge is 0.474 e. The molecule has 2 aliphatic rings. The Kier molecular flexibility index (Phi) is 7.79. The van der Waals surface area contributed by atoms with Crippen LogP contribution in [-0.4, -0.2) is 81.3 Å². The number of benzene rings is 3. The molecule has 3 aromatic carbocycles. The molecule has 6 amide bonds. The lowest BCUT2D eigenvalue weighted by atomic mass is 10.1. The molecule has 0 radical (unpaired) electrons. The van der Waals surface area contributed by atoms with E-state index >= 15 is 0 Å². The summed E-state index contributed by atoms with van der Waals surface area (Å²) in [6.07, 6.45) is 8.04. The van der Waals surface area contributed by atoms with E-state index < -0.39 is 41.9 Å². The zero-order valence-corrected chi connectivity index (χ0v) is 28.0. The van der Waals surface area contributed by atoms with Gasteiger partial charge in [-0.05, 0) is 60.5 Å². The van der Waals surface area contributed by atoms with Gasteiger partial charge in [0.05, 0.1) is 41.0 Å². The van der Waals surface area contributed by atoms with E-state index in [-0.39, 0.29) is 28.8 Å². The first-order chi connectivity index (χ1) is 25.6. The maximum Gasteiger partial charge on any atom is 0.474 e. The Balaban J connectivity index is 1.05. The Morgan fingerprint density at radius 1 is 0.792 bits per heavy atom. The first-order valence-corrected chi connectivity index (χ1v) is 16.2. The summed E-state index contributed by atoms with van der Waals surface area (Å²) in [5.41, 5.74) is 2.25. The van der Waals surface area contributed by atoms with Crippen molar-refractivity contribution in [1.29, 1.82) is 0 Å². The number of hydrazine groups is 2. The lowest BCUT2D eigenvalue weighted by Gasteiger charge is -2.31. The van der Waals surface area contributed by atoms with Crippen molar-refractivity contribution in [3.05, 3.63) is 138 Å². The zero-order chi connectivity index (χ0) is 37.0. The number of rotatable bonds is 8. The van der Waals surface area contributed by atoms with Crippen LogP contribution in [0.25, 0.3) is 16.6 Å². The predicted octanol–water partition coefficient (Wildman–Crippen LogP) is 3.17. The minimum absolute atomic E-state index is 0.0290. The number of para-hydroxylation sites is 1. The molecule has 8 rings (SSSR count). The number of carbonyl (C=O) groups is 6. The van der Waals surface area contributed by atoms with E-state index in [1.165, 1.54) is 66.3 Å². The maximum absolute atomic E-state index is 13.9. The van der Waals surface area contributed by atoms with Crippen molar-refractivity contribution in [3.8, 4) is 5.69 Å². The van der Waals surface area contributed by atoms with Crippen LogP contribution in [0.15, 0.2) is 110 Å². The van der Waals surface area contributed by atoms with E-state index in [0.29, 0.717) is 11.3 Å². The van der Waals surface area contributed by atoms with Gasteiger partial charge in [-0.2, -0.15) is 19.3 Å². The van der Waals surface area contributed by atoms with Crippen LogP contribution in [0, 0.1) is 0 Å². The molecule has 0 spiro atoms. The topological polar surface area (TPSA) is 176 Å². The highest BCUT2D eigenvalue weighted by Gasteiger charge is 2.45. The fourth-order valence-electron chi connectivity index (χ4n) is 6.25. The van der Waals surface area contributed by atoms with E-state index in [0.717, 1.165) is 40.4 Å². The Morgan fingerprint density at radius 3 is 2.17 bits per heavy atom. The predicted molar refractivity (Wildman–Crippen MR) is 180 cm³/mol. The van der Waals surface area contributed by atoms with Crippen LogP contribution in [0.4, 0.5) is 9.59 Å². The molecular formula is C36H28N9O8+. The highest BCUT2D eigenvalue weighted by molar-refractivity contribution is 6.22. The summed E-state index contributed by atoms with van der Waals surface area (Å²) in [5, 5.41) is 4.15. The van der Waals surface area contributed by atoms with Gasteiger partial charge in [-0.1, -0.05) is 30.3 Å². The quantitative estimate of drug-likeness (QED) is 0.183. The number of H-pyrrole nitrogens is 1. The number of nitrogens with zero attached hydrogens (tertiary/aromatic N) is 8. The average molecular weight is 715 g/mol. The highest BCUT2D eigenvalue weighted by atomic mass is 16.7. The normalized spacial score (nSPS) is 13.6. The average Bonchev–Trinajstić information content (AvgIpc) is 3.99. The van der Waals surface area contributed by atoms with Gasteiger partial charge in [0.25, 0.3) is 30.0 Å².